The number of hydrogen-bond acceptors (Lipinski definition) is 4. The molecule has 3 rings (SSSR count). The van der Waals surface area contributed by atoms with Gasteiger partial charge in [-0.25, -0.2) is 4.39 Å². The SMILES string of the molecule is CN=C(NCCCOc1ccc(F)cc1)NCc1ccc(C)cc1OC1CCOC1. The number of aliphatic imine (C=N–C) groups is 1. The molecule has 0 saturated carbocycles. The molecule has 2 N–H and O–H groups in total. The maximum absolute atomic E-state index is 12.9. The average Bonchev–Trinajstić information content (AvgIpc) is 3.25. The van der Waals surface area contributed by atoms with Crippen LogP contribution in [-0.4, -0.2) is 45.5 Å². The molecule has 1 saturated heterocycles. The summed E-state index contributed by atoms with van der Waals surface area (Å²) in [6.45, 7) is 5.31. The third-order valence-electron chi connectivity index (χ3n) is 4.77. The first-order valence-corrected chi connectivity index (χ1v) is 10.3. The van der Waals surface area contributed by atoms with Gasteiger partial charge in [0.05, 0.1) is 19.8 Å². The van der Waals surface area contributed by atoms with Gasteiger partial charge in [-0.1, -0.05) is 12.1 Å². The number of halogens is 1. The second-order valence-corrected chi connectivity index (χ2v) is 7.22. The summed E-state index contributed by atoms with van der Waals surface area (Å²) in [4.78, 5) is 4.27. The van der Waals surface area contributed by atoms with Crippen LogP contribution in [0.5, 0.6) is 11.5 Å². The van der Waals surface area contributed by atoms with Crippen LogP contribution in [0, 0.1) is 12.7 Å². The van der Waals surface area contributed by atoms with Crippen LogP contribution >= 0.6 is 0 Å². The van der Waals surface area contributed by atoms with Crippen molar-refractivity contribution in [1.82, 2.24) is 10.6 Å². The molecule has 0 aromatic heterocycles. The highest BCUT2D eigenvalue weighted by atomic mass is 19.1. The van der Waals surface area contributed by atoms with Crippen LogP contribution in [0.4, 0.5) is 4.39 Å². The lowest BCUT2D eigenvalue weighted by molar-refractivity contribution is 0.140. The predicted octanol–water partition coefficient (Wildman–Crippen LogP) is 3.44. The van der Waals surface area contributed by atoms with Gasteiger partial charge in [0.1, 0.15) is 23.4 Å². The lowest BCUT2D eigenvalue weighted by atomic mass is 10.1. The summed E-state index contributed by atoms with van der Waals surface area (Å²) < 4.78 is 30.1. The lowest BCUT2D eigenvalue weighted by Crippen LogP contribution is -2.37. The van der Waals surface area contributed by atoms with Crippen molar-refractivity contribution in [2.75, 3.05) is 33.4 Å². The first-order chi connectivity index (χ1) is 14.6. The molecule has 2 aromatic carbocycles. The normalized spacial score (nSPS) is 16.4. The summed E-state index contributed by atoms with van der Waals surface area (Å²) in [5.74, 6) is 2.00. The highest BCUT2D eigenvalue weighted by molar-refractivity contribution is 5.79. The highest BCUT2D eigenvalue weighted by Crippen LogP contribution is 2.23. The molecular weight excluding hydrogens is 385 g/mol. The number of ether oxygens (including phenoxy) is 3. The fraction of sp³-hybridized carbons (Fsp3) is 0.435. The van der Waals surface area contributed by atoms with Crippen molar-refractivity contribution >= 4 is 5.96 Å². The minimum absolute atomic E-state index is 0.115. The second-order valence-electron chi connectivity index (χ2n) is 7.22. The van der Waals surface area contributed by atoms with Crippen LogP contribution in [-0.2, 0) is 11.3 Å². The fourth-order valence-corrected chi connectivity index (χ4v) is 3.10. The van der Waals surface area contributed by atoms with Gasteiger partial charge in [0, 0.05) is 32.1 Å². The Morgan fingerprint density at radius 1 is 1.20 bits per heavy atom. The Labute approximate surface area is 177 Å². The summed E-state index contributed by atoms with van der Waals surface area (Å²) >= 11 is 0. The minimum atomic E-state index is -0.266. The Morgan fingerprint density at radius 3 is 2.77 bits per heavy atom. The van der Waals surface area contributed by atoms with E-state index in [0.29, 0.717) is 38.0 Å². The van der Waals surface area contributed by atoms with Crippen molar-refractivity contribution in [1.29, 1.82) is 0 Å². The molecule has 1 unspecified atom stereocenters. The van der Waals surface area contributed by atoms with Gasteiger partial charge in [0.2, 0.25) is 0 Å². The number of benzene rings is 2. The van der Waals surface area contributed by atoms with E-state index in [-0.39, 0.29) is 11.9 Å². The molecular formula is C23H30FN3O3. The predicted molar refractivity (Wildman–Crippen MR) is 116 cm³/mol. The summed E-state index contributed by atoms with van der Waals surface area (Å²) in [6, 6.07) is 12.3. The molecule has 1 aliphatic rings. The molecule has 0 amide bonds. The Kier molecular flexibility index (Phi) is 8.32. The van der Waals surface area contributed by atoms with Crippen molar-refractivity contribution in [3.63, 3.8) is 0 Å². The summed E-state index contributed by atoms with van der Waals surface area (Å²) in [7, 11) is 1.74. The third-order valence-corrected chi connectivity index (χ3v) is 4.77. The summed E-state index contributed by atoms with van der Waals surface area (Å²) in [5.41, 5.74) is 2.24. The Hall–Kier alpha value is -2.80. The first-order valence-electron chi connectivity index (χ1n) is 10.3. The van der Waals surface area contributed by atoms with E-state index in [9.17, 15) is 4.39 Å². The van der Waals surface area contributed by atoms with E-state index in [2.05, 4.69) is 40.7 Å². The van der Waals surface area contributed by atoms with Gasteiger partial charge in [0.25, 0.3) is 0 Å². The molecule has 7 heteroatoms. The smallest absolute Gasteiger partial charge is 0.191 e. The van der Waals surface area contributed by atoms with E-state index in [1.54, 1.807) is 19.2 Å². The van der Waals surface area contributed by atoms with Crippen molar-refractivity contribution < 1.29 is 18.6 Å². The van der Waals surface area contributed by atoms with Crippen molar-refractivity contribution in [3.05, 3.63) is 59.4 Å². The molecule has 0 bridgehead atoms. The molecule has 1 aliphatic heterocycles. The van der Waals surface area contributed by atoms with Gasteiger partial charge in [0.15, 0.2) is 5.96 Å². The Bertz CT molecular complexity index is 821. The number of guanidine groups is 1. The maximum atomic E-state index is 12.9. The molecule has 0 spiro atoms. The number of rotatable bonds is 9. The number of nitrogens with one attached hydrogen (secondary N) is 2. The van der Waals surface area contributed by atoms with Gasteiger partial charge in [-0.3, -0.25) is 4.99 Å². The van der Waals surface area contributed by atoms with Crippen LogP contribution in [0.3, 0.4) is 0 Å². The van der Waals surface area contributed by atoms with Gasteiger partial charge in [-0.2, -0.15) is 0 Å². The van der Waals surface area contributed by atoms with Gasteiger partial charge in [-0.05, 0) is 49.2 Å². The zero-order valence-corrected chi connectivity index (χ0v) is 17.6. The highest BCUT2D eigenvalue weighted by Gasteiger charge is 2.18. The maximum Gasteiger partial charge on any atom is 0.191 e. The molecule has 0 aliphatic carbocycles. The molecule has 0 radical (unpaired) electrons. The number of nitrogens with zero attached hydrogens (tertiary/aromatic N) is 1. The van der Waals surface area contributed by atoms with E-state index >= 15 is 0 Å². The number of hydrogen-bond donors (Lipinski definition) is 2. The molecule has 2 aromatic rings. The standard InChI is InChI=1S/C23H30FN3O3/c1-17-4-5-18(22(14-17)30-21-10-13-28-16-21)15-27-23(25-2)26-11-3-12-29-20-8-6-19(24)7-9-20/h4-9,14,21H,3,10-13,15-16H2,1-2H3,(H2,25,26,27). The average molecular weight is 416 g/mol. The Morgan fingerprint density at radius 2 is 2.03 bits per heavy atom. The lowest BCUT2D eigenvalue weighted by Gasteiger charge is -2.18. The quantitative estimate of drug-likeness (QED) is 0.373. The van der Waals surface area contributed by atoms with Crippen molar-refractivity contribution in [2.45, 2.75) is 32.4 Å². The van der Waals surface area contributed by atoms with Crippen LogP contribution in [0.15, 0.2) is 47.5 Å². The van der Waals surface area contributed by atoms with Gasteiger partial charge < -0.3 is 24.8 Å². The van der Waals surface area contributed by atoms with E-state index in [1.807, 2.05) is 0 Å². The van der Waals surface area contributed by atoms with E-state index in [1.165, 1.54) is 12.1 Å². The van der Waals surface area contributed by atoms with Crippen molar-refractivity contribution in [3.8, 4) is 11.5 Å². The molecule has 1 atom stereocenters. The fourth-order valence-electron chi connectivity index (χ4n) is 3.10. The zero-order valence-electron chi connectivity index (χ0n) is 17.6. The summed E-state index contributed by atoms with van der Waals surface area (Å²) in [5, 5.41) is 6.61. The molecule has 162 valence electrons. The van der Waals surface area contributed by atoms with Crippen LogP contribution in [0.25, 0.3) is 0 Å². The van der Waals surface area contributed by atoms with Crippen molar-refractivity contribution in [2.24, 2.45) is 4.99 Å². The van der Waals surface area contributed by atoms with E-state index < -0.39 is 0 Å². The topological polar surface area (TPSA) is 64.1 Å². The molecule has 30 heavy (non-hydrogen) atoms. The van der Waals surface area contributed by atoms with Crippen LogP contribution in [0.2, 0.25) is 0 Å². The van der Waals surface area contributed by atoms with E-state index in [0.717, 1.165) is 36.3 Å². The molecule has 1 heterocycles. The van der Waals surface area contributed by atoms with E-state index in [4.69, 9.17) is 14.2 Å². The first kappa shape index (κ1) is 21.9. The summed E-state index contributed by atoms with van der Waals surface area (Å²) in [6.07, 6.45) is 1.83. The second kappa shape index (κ2) is 11.4. The van der Waals surface area contributed by atoms with Gasteiger partial charge in [-0.15, -0.1) is 0 Å². The number of aryl methyl sites for hydroxylation is 1. The molecule has 6 nitrogen and oxygen atoms in total. The minimum Gasteiger partial charge on any atom is -0.494 e. The monoisotopic (exact) mass is 415 g/mol. The largest absolute Gasteiger partial charge is 0.494 e. The Balaban J connectivity index is 1.42. The molecule has 1 fully saturated rings. The zero-order chi connectivity index (χ0) is 21.2. The van der Waals surface area contributed by atoms with Crippen LogP contribution in [0.1, 0.15) is 24.0 Å². The van der Waals surface area contributed by atoms with Crippen LogP contribution < -0.4 is 20.1 Å². The van der Waals surface area contributed by atoms with Gasteiger partial charge >= 0.3 is 0 Å². The third kappa shape index (κ3) is 6.91.